The van der Waals surface area contributed by atoms with E-state index in [-0.39, 0.29) is 19.1 Å². The van der Waals surface area contributed by atoms with Crippen LogP contribution in [0.1, 0.15) is 36.1 Å². The number of nitrogens with one attached hydrogen (secondary N) is 2. The van der Waals surface area contributed by atoms with Crippen LogP contribution in [0.5, 0.6) is 11.5 Å². The smallest absolute Gasteiger partial charge is 0.294 e. The average molecular weight is 521 g/mol. The first kappa shape index (κ1) is 26.7. The summed E-state index contributed by atoms with van der Waals surface area (Å²) in [6.07, 6.45) is 7.91. The minimum absolute atomic E-state index is 0.0396. The summed E-state index contributed by atoms with van der Waals surface area (Å²) in [5.74, 6) is 0.811. The molecule has 1 amide bonds. The highest BCUT2D eigenvalue weighted by molar-refractivity contribution is 5.94. The lowest BCUT2D eigenvalue weighted by Crippen LogP contribution is -2.27. The monoisotopic (exact) mass is 520 g/mol. The van der Waals surface area contributed by atoms with E-state index < -0.39 is 5.09 Å². The normalized spacial score (nSPS) is 12.7. The zero-order chi connectivity index (χ0) is 26.7. The van der Waals surface area contributed by atoms with Gasteiger partial charge in [-0.2, -0.15) is 0 Å². The van der Waals surface area contributed by atoms with Crippen LogP contribution in [0.2, 0.25) is 0 Å². The van der Waals surface area contributed by atoms with E-state index in [9.17, 15) is 14.9 Å². The molecule has 38 heavy (non-hydrogen) atoms. The molecule has 0 aliphatic heterocycles. The van der Waals surface area contributed by atoms with Crippen LogP contribution >= 0.6 is 0 Å². The maximum atomic E-state index is 12.4. The van der Waals surface area contributed by atoms with Gasteiger partial charge in [0.15, 0.2) is 11.5 Å². The molecule has 0 saturated carbocycles. The summed E-state index contributed by atoms with van der Waals surface area (Å²) in [7, 11) is 1.52. The van der Waals surface area contributed by atoms with Crippen molar-refractivity contribution in [3.05, 3.63) is 75.5 Å². The SMILES string of the molecule is COc1cc(/C=C/C(=O)NCCNc2c3c(nc4ccccc24)CCCC3)ccc1OCCCO[N+](=O)[O-]. The Hall–Kier alpha value is -4.34. The van der Waals surface area contributed by atoms with Crippen LogP contribution in [0.3, 0.4) is 0 Å². The summed E-state index contributed by atoms with van der Waals surface area (Å²) in [5, 5.41) is 16.9. The van der Waals surface area contributed by atoms with Crippen LogP contribution in [0, 0.1) is 10.1 Å². The second kappa shape index (κ2) is 13.3. The number of benzene rings is 2. The number of ether oxygens (including phenoxy) is 2. The van der Waals surface area contributed by atoms with E-state index >= 15 is 0 Å². The fourth-order valence-corrected chi connectivity index (χ4v) is 4.47. The lowest BCUT2D eigenvalue weighted by Gasteiger charge is -2.21. The third kappa shape index (κ3) is 7.12. The van der Waals surface area contributed by atoms with Crippen LogP contribution in [0.15, 0.2) is 48.5 Å². The summed E-state index contributed by atoms with van der Waals surface area (Å²) >= 11 is 0. The van der Waals surface area contributed by atoms with Gasteiger partial charge in [-0.3, -0.25) is 9.78 Å². The number of rotatable bonds is 13. The number of nitrogens with zero attached hydrogens (tertiary/aromatic N) is 2. The van der Waals surface area contributed by atoms with E-state index in [1.807, 2.05) is 18.2 Å². The number of pyridine rings is 1. The Labute approximate surface area is 221 Å². The van der Waals surface area contributed by atoms with Crippen LogP contribution < -0.4 is 20.1 Å². The lowest BCUT2D eigenvalue weighted by molar-refractivity contribution is -0.757. The van der Waals surface area contributed by atoms with Crippen molar-refractivity contribution in [1.29, 1.82) is 0 Å². The molecule has 0 fully saturated rings. The van der Waals surface area contributed by atoms with Crippen LogP contribution in [-0.2, 0) is 22.5 Å². The molecule has 10 nitrogen and oxygen atoms in total. The van der Waals surface area contributed by atoms with Crippen LogP contribution in [0.4, 0.5) is 5.69 Å². The number of hydrogen-bond donors (Lipinski definition) is 2. The Morgan fingerprint density at radius 3 is 2.79 bits per heavy atom. The molecule has 200 valence electrons. The molecule has 0 spiro atoms. The van der Waals surface area contributed by atoms with Gasteiger partial charge in [0, 0.05) is 42.4 Å². The molecular formula is C28H32N4O6. The number of carbonyl (C=O) groups is 1. The first-order valence-electron chi connectivity index (χ1n) is 12.7. The molecule has 1 heterocycles. The maximum absolute atomic E-state index is 12.4. The number of methoxy groups -OCH3 is 1. The van der Waals surface area contributed by atoms with Crippen molar-refractivity contribution in [1.82, 2.24) is 10.3 Å². The van der Waals surface area contributed by atoms with Gasteiger partial charge in [0.25, 0.3) is 5.09 Å². The molecule has 1 aliphatic rings. The minimum Gasteiger partial charge on any atom is -0.493 e. The quantitative estimate of drug-likeness (QED) is 0.148. The summed E-state index contributed by atoms with van der Waals surface area (Å²) in [6.45, 7) is 1.29. The molecule has 3 aromatic rings. The zero-order valence-electron chi connectivity index (χ0n) is 21.4. The van der Waals surface area contributed by atoms with E-state index in [0.29, 0.717) is 31.0 Å². The number of hydrogen-bond acceptors (Lipinski definition) is 8. The Balaban J connectivity index is 1.27. The molecule has 2 aromatic carbocycles. The summed E-state index contributed by atoms with van der Waals surface area (Å²) in [4.78, 5) is 31.7. The third-order valence-corrected chi connectivity index (χ3v) is 6.25. The van der Waals surface area contributed by atoms with Gasteiger partial charge in [0.2, 0.25) is 5.91 Å². The molecular weight excluding hydrogens is 488 g/mol. The topological polar surface area (TPSA) is 125 Å². The van der Waals surface area contributed by atoms with Gasteiger partial charge in [0.05, 0.1) is 25.8 Å². The predicted octanol–water partition coefficient (Wildman–Crippen LogP) is 4.34. The average Bonchev–Trinajstić information content (AvgIpc) is 2.93. The standard InChI is InChI=1S/C28H32N4O6/c1-36-26-19-20(11-13-25(26)37-17-6-18-38-32(34)35)12-14-27(33)29-15-16-30-28-21-7-2-4-9-23(21)31-24-10-5-3-8-22(24)28/h2,4,7,9,11-14,19H,3,5-6,8,10,15-18H2,1H3,(H,29,33)(H,30,31)/b14-12+. The summed E-state index contributed by atoms with van der Waals surface area (Å²) in [6, 6.07) is 13.5. The maximum Gasteiger partial charge on any atom is 0.294 e. The third-order valence-electron chi connectivity index (χ3n) is 6.25. The Bertz CT molecular complexity index is 1310. The van der Waals surface area contributed by atoms with Gasteiger partial charge in [0.1, 0.15) is 0 Å². The number of para-hydroxylation sites is 1. The summed E-state index contributed by atoms with van der Waals surface area (Å²) < 4.78 is 11.0. The number of amides is 1. The molecule has 1 aromatic heterocycles. The van der Waals surface area contributed by atoms with Gasteiger partial charge in [-0.1, -0.05) is 24.3 Å². The molecule has 10 heteroatoms. The molecule has 2 N–H and O–H groups in total. The van der Waals surface area contributed by atoms with Crippen molar-refractivity contribution < 1.29 is 24.2 Å². The molecule has 1 aliphatic carbocycles. The van der Waals surface area contributed by atoms with E-state index in [2.05, 4.69) is 21.5 Å². The number of fused-ring (bicyclic) bond motifs is 2. The predicted molar refractivity (Wildman–Crippen MR) is 145 cm³/mol. The van der Waals surface area contributed by atoms with Crippen molar-refractivity contribution in [3.8, 4) is 11.5 Å². The molecule has 0 atom stereocenters. The molecule has 0 bridgehead atoms. The Morgan fingerprint density at radius 1 is 1.11 bits per heavy atom. The Morgan fingerprint density at radius 2 is 1.95 bits per heavy atom. The minimum atomic E-state index is -0.830. The van der Waals surface area contributed by atoms with Gasteiger partial charge in [-0.15, -0.1) is 10.1 Å². The molecule has 0 saturated heterocycles. The van der Waals surface area contributed by atoms with E-state index in [1.54, 1.807) is 24.3 Å². The van der Waals surface area contributed by atoms with E-state index in [0.717, 1.165) is 35.0 Å². The fourth-order valence-electron chi connectivity index (χ4n) is 4.47. The molecule has 4 rings (SSSR count). The lowest BCUT2D eigenvalue weighted by atomic mass is 9.92. The largest absolute Gasteiger partial charge is 0.493 e. The number of aryl methyl sites for hydroxylation is 1. The number of aromatic nitrogens is 1. The van der Waals surface area contributed by atoms with Crippen molar-refractivity contribution in [2.24, 2.45) is 0 Å². The van der Waals surface area contributed by atoms with Gasteiger partial charge >= 0.3 is 0 Å². The van der Waals surface area contributed by atoms with E-state index in [4.69, 9.17) is 14.5 Å². The van der Waals surface area contributed by atoms with Crippen LogP contribution in [-0.4, -0.2) is 49.4 Å². The van der Waals surface area contributed by atoms with Crippen LogP contribution in [0.25, 0.3) is 17.0 Å². The highest BCUT2D eigenvalue weighted by Crippen LogP contribution is 2.33. The van der Waals surface area contributed by atoms with E-state index in [1.165, 1.54) is 37.3 Å². The second-order valence-electron chi connectivity index (χ2n) is 8.86. The summed E-state index contributed by atoms with van der Waals surface area (Å²) in [5.41, 5.74) is 5.38. The highest BCUT2D eigenvalue weighted by atomic mass is 16.9. The van der Waals surface area contributed by atoms with Crippen molar-refractivity contribution >= 4 is 28.6 Å². The Kier molecular flexibility index (Phi) is 9.33. The fraction of sp³-hybridized carbons (Fsp3) is 0.357. The highest BCUT2D eigenvalue weighted by Gasteiger charge is 2.17. The zero-order valence-corrected chi connectivity index (χ0v) is 21.4. The first-order chi connectivity index (χ1) is 18.5. The second-order valence-corrected chi connectivity index (χ2v) is 8.86. The number of carbonyl (C=O) groups excluding carboxylic acids is 1. The molecule has 0 unspecified atom stereocenters. The van der Waals surface area contributed by atoms with Crippen molar-refractivity contribution in [2.45, 2.75) is 32.1 Å². The first-order valence-corrected chi connectivity index (χ1v) is 12.7. The van der Waals surface area contributed by atoms with Gasteiger partial charge in [-0.05, 0) is 61.1 Å². The van der Waals surface area contributed by atoms with Crippen molar-refractivity contribution in [3.63, 3.8) is 0 Å². The van der Waals surface area contributed by atoms with Gasteiger partial charge < -0.3 is 24.9 Å². The molecule has 0 radical (unpaired) electrons. The van der Waals surface area contributed by atoms with Crippen molar-refractivity contribution in [2.75, 3.05) is 38.7 Å². The number of anilines is 1. The van der Waals surface area contributed by atoms with Gasteiger partial charge in [-0.25, -0.2) is 0 Å².